The van der Waals surface area contributed by atoms with E-state index in [2.05, 4.69) is 10.6 Å². The summed E-state index contributed by atoms with van der Waals surface area (Å²) in [5.41, 5.74) is 0.150. The molecule has 0 atom stereocenters. The van der Waals surface area contributed by atoms with Crippen LogP contribution < -0.4 is 10.6 Å². The first-order chi connectivity index (χ1) is 8.56. The zero-order valence-electron chi connectivity index (χ0n) is 9.50. The molecule has 1 aliphatic carbocycles. The third-order valence-electron chi connectivity index (χ3n) is 2.53. The average molecular weight is 271 g/mol. The van der Waals surface area contributed by atoms with Crippen molar-refractivity contribution in [2.24, 2.45) is 0 Å². The van der Waals surface area contributed by atoms with Crippen molar-refractivity contribution in [3.8, 4) is 0 Å². The van der Waals surface area contributed by atoms with Crippen molar-refractivity contribution in [3.63, 3.8) is 0 Å². The van der Waals surface area contributed by atoms with Crippen LogP contribution in [0.1, 0.15) is 23.2 Å². The van der Waals surface area contributed by atoms with Gasteiger partial charge in [-0.3, -0.25) is 9.59 Å². The summed E-state index contributed by atoms with van der Waals surface area (Å²) in [6.45, 7) is -0.108. The maximum atomic E-state index is 12.8. The topological polar surface area (TPSA) is 58.2 Å². The lowest BCUT2D eigenvalue weighted by Gasteiger charge is -2.07. The second-order valence-electron chi connectivity index (χ2n) is 4.15. The van der Waals surface area contributed by atoms with Gasteiger partial charge >= 0.3 is 0 Å². The van der Waals surface area contributed by atoms with E-state index in [0.717, 1.165) is 25.0 Å². The van der Waals surface area contributed by atoms with E-state index in [0.29, 0.717) is 0 Å². The highest BCUT2D eigenvalue weighted by Crippen LogP contribution is 2.18. The van der Waals surface area contributed by atoms with E-state index in [-0.39, 0.29) is 29.1 Å². The van der Waals surface area contributed by atoms with E-state index >= 15 is 0 Å². The lowest BCUT2D eigenvalue weighted by Crippen LogP contribution is -2.37. The highest BCUT2D eigenvalue weighted by atomic mass is 35.5. The lowest BCUT2D eigenvalue weighted by molar-refractivity contribution is -0.120. The quantitative estimate of drug-likeness (QED) is 0.871. The van der Waals surface area contributed by atoms with E-state index in [9.17, 15) is 14.0 Å². The number of amides is 2. The van der Waals surface area contributed by atoms with Gasteiger partial charge in [0.1, 0.15) is 5.82 Å². The Balaban J connectivity index is 1.88. The van der Waals surface area contributed by atoms with Crippen molar-refractivity contribution in [3.05, 3.63) is 34.6 Å². The number of halogens is 2. The van der Waals surface area contributed by atoms with Gasteiger partial charge in [-0.25, -0.2) is 4.39 Å². The molecule has 1 aromatic carbocycles. The maximum absolute atomic E-state index is 12.8. The Morgan fingerprint density at radius 1 is 1.39 bits per heavy atom. The number of hydrogen-bond acceptors (Lipinski definition) is 2. The number of carbonyl (C=O) groups is 2. The Morgan fingerprint density at radius 2 is 2.11 bits per heavy atom. The van der Waals surface area contributed by atoms with Crippen LogP contribution in [-0.4, -0.2) is 24.4 Å². The van der Waals surface area contributed by atoms with E-state index in [1.807, 2.05) is 0 Å². The fourth-order valence-corrected chi connectivity index (χ4v) is 1.69. The first-order valence-corrected chi connectivity index (χ1v) is 5.96. The summed E-state index contributed by atoms with van der Waals surface area (Å²) in [6.07, 6.45) is 1.98. The van der Waals surface area contributed by atoms with Gasteiger partial charge in [-0.2, -0.15) is 0 Å². The highest BCUT2D eigenvalue weighted by molar-refractivity contribution is 6.33. The Kier molecular flexibility index (Phi) is 3.81. The highest BCUT2D eigenvalue weighted by Gasteiger charge is 2.23. The molecular weight excluding hydrogens is 259 g/mol. The maximum Gasteiger partial charge on any atom is 0.253 e. The van der Waals surface area contributed by atoms with Gasteiger partial charge in [0.2, 0.25) is 5.91 Å². The second kappa shape index (κ2) is 5.35. The summed E-state index contributed by atoms with van der Waals surface area (Å²) in [5, 5.41) is 5.20. The van der Waals surface area contributed by atoms with Gasteiger partial charge in [0.05, 0.1) is 17.1 Å². The molecule has 0 heterocycles. The molecule has 0 spiro atoms. The Labute approximate surface area is 109 Å². The van der Waals surface area contributed by atoms with Crippen LogP contribution in [0.3, 0.4) is 0 Å². The monoisotopic (exact) mass is 270 g/mol. The van der Waals surface area contributed by atoms with Crippen LogP contribution in [-0.2, 0) is 4.79 Å². The molecule has 1 saturated carbocycles. The van der Waals surface area contributed by atoms with Crippen LogP contribution in [0.4, 0.5) is 4.39 Å². The van der Waals surface area contributed by atoms with Crippen LogP contribution in [0, 0.1) is 5.82 Å². The van der Waals surface area contributed by atoms with E-state index in [1.165, 1.54) is 6.07 Å². The molecule has 2 rings (SSSR count). The second-order valence-corrected chi connectivity index (χ2v) is 4.56. The zero-order valence-corrected chi connectivity index (χ0v) is 10.3. The van der Waals surface area contributed by atoms with E-state index < -0.39 is 11.7 Å². The van der Waals surface area contributed by atoms with Crippen molar-refractivity contribution in [1.82, 2.24) is 10.6 Å². The Bertz CT molecular complexity index is 489. The molecule has 1 aromatic rings. The third kappa shape index (κ3) is 3.43. The fraction of sp³-hybridized carbons (Fsp3) is 0.333. The molecule has 18 heavy (non-hydrogen) atoms. The minimum absolute atomic E-state index is 0.0232. The largest absolute Gasteiger partial charge is 0.352 e. The van der Waals surface area contributed by atoms with Crippen molar-refractivity contribution < 1.29 is 14.0 Å². The van der Waals surface area contributed by atoms with Crippen LogP contribution in [0.2, 0.25) is 5.02 Å². The van der Waals surface area contributed by atoms with E-state index in [1.54, 1.807) is 0 Å². The third-order valence-corrected chi connectivity index (χ3v) is 2.84. The number of hydrogen-bond donors (Lipinski definition) is 2. The molecule has 1 aliphatic rings. The molecule has 6 heteroatoms. The molecule has 96 valence electrons. The van der Waals surface area contributed by atoms with Gasteiger partial charge in [0.15, 0.2) is 0 Å². The predicted octanol–water partition coefficient (Wildman–Crippen LogP) is 1.49. The average Bonchev–Trinajstić information content (AvgIpc) is 3.10. The molecule has 0 aromatic heterocycles. The number of rotatable bonds is 4. The van der Waals surface area contributed by atoms with Crippen molar-refractivity contribution >= 4 is 23.4 Å². The minimum Gasteiger partial charge on any atom is -0.352 e. The standard InChI is InChI=1S/C12H12ClFN2O2/c13-10-5-7(14)1-4-9(10)12(18)15-6-11(17)16-8-2-3-8/h1,4-5,8H,2-3,6H2,(H,15,18)(H,16,17). The summed E-state index contributed by atoms with van der Waals surface area (Å²) in [7, 11) is 0. The van der Waals surface area contributed by atoms with E-state index in [4.69, 9.17) is 11.6 Å². The van der Waals surface area contributed by atoms with Gasteiger partial charge in [-0.15, -0.1) is 0 Å². The first kappa shape index (κ1) is 12.8. The van der Waals surface area contributed by atoms with Crippen molar-refractivity contribution in [2.45, 2.75) is 18.9 Å². The molecule has 0 saturated heterocycles. The number of carbonyl (C=O) groups excluding carboxylic acids is 2. The SMILES string of the molecule is O=C(CNC(=O)c1ccc(F)cc1Cl)NC1CC1. The van der Waals surface area contributed by atoms with Gasteiger partial charge in [0.25, 0.3) is 5.91 Å². The molecule has 0 aliphatic heterocycles. The van der Waals surface area contributed by atoms with Crippen molar-refractivity contribution in [1.29, 1.82) is 0 Å². The molecule has 0 unspecified atom stereocenters. The molecule has 2 amide bonds. The molecule has 0 radical (unpaired) electrons. The molecule has 1 fully saturated rings. The van der Waals surface area contributed by atoms with Gasteiger partial charge in [-0.1, -0.05) is 11.6 Å². The molecule has 0 bridgehead atoms. The minimum atomic E-state index is -0.511. The summed E-state index contributed by atoms with van der Waals surface area (Å²) >= 11 is 5.73. The summed E-state index contributed by atoms with van der Waals surface area (Å²) in [6, 6.07) is 3.74. The normalized spacial score (nSPS) is 14.1. The van der Waals surface area contributed by atoms with Gasteiger partial charge < -0.3 is 10.6 Å². The number of nitrogens with one attached hydrogen (secondary N) is 2. The Morgan fingerprint density at radius 3 is 2.72 bits per heavy atom. The summed E-state index contributed by atoms with van der Waals surface area (Å²) in [5.74, 6) is -1.24. The summed E-state index contributed by atoms with van der Waals surface area (Å²) < 4.78 is 12.8. The predicted molar refractivity (Wildman–Crippen MR) is 64.9 cm³/mol. The van der Waals surface area contributed by atoms with Crippen LogP contribution in [0.15, 0.2) is 18.2 Å². The molecule has 4 nitrogen and oxygen atoms in total. The number of benzene rings is 1. The van der Waals surface area contributed by atoms with Gasteiger partial charge in [-0.05, 0) is 31.0 Å². The lowest BCUT2D eigenvalue weighted by atomic mass is 10.2. The Hall–Kier alpha value is -1.62. The van der Waals surface area contributed by atoms with Gasteiger partial charge in [0, 0.05) is 6.04 Å². The molecule has 2 N–H and O–H groups in total. The summed E-state index contributed by atoms with van der Waals surface area (Å²) in [4.78, 5) is 23.0. The smallest absolute Gasteiger partial charge is 0.253 e. The van der Waals surface area contributed by atoms with Crippen LogP contribution in [0.5, 0.6) is 0 Å². The van der Waals surface area contributed by atoms with Crippen LogP contribution in [0.25, 0.3) is 0 Å². The first-order valence-electron chi connectivity index (χ1n) is 5.59. The molecular formula is C12H12ClFN2O2. The fourth-order valence-electron chi connectivity index (χ4n) is 1.44. The zero-order chi connectivity index (χ0) is 13.1. The van der Waals surface area contributed by atoms with Crippen molar-refractivity contribution in [2.75, 3.05) is 6.54 Å². The van der Waals surface area contributed by atoms with Crippen LogP contribution >= 0.6 is 11.6 Å².